The molecule has 0 aliphatic rings. The molecular formula is C21H21ClN2O2S. The van der Waals surface area contributed by atoms with Crippen LogP contribution in [0.15, 0.2) is 53.9 Å². The number of likely N-dealkylation sites (N-methyl/N-ethyl adjacent to an activating group) is 1. The quantitative estimate of drug-likeness (QED) is 0.556. The standard InChI is InChI=1S/C21H21ClN2O2S/c1-3-26-18-10-8-15(9-11-18)21-23-17(14-27-21)12-20(25)24(2)13-16-6-4-5-7-19(16)22/h4-11,14H,3,12-13H2,1-2H3. The maximum Gasteiger partial charge on any atom is 0.228 e. The van der Waals surface area contributed by atoms with E-state index in [1.807, 2.05) is 60.8 Å². The Morgan fingerprint density at radius 3 is 2.63 bits per heavy atom. The van der Waals surface area contributed by atoms with Crippen LogP contribution in [0.2, 0.25) is 5.02 Å². The Balaban J connectivity index is 1.62. The van der Waals surface area contributed by atoms with E-state index in [1.54, 1.807) is 11.9 Å². The van der Waals surface area contributed by atoms with Gasteiger partial charge in [-0.3, -0.25) is 4.79 Å². The molecule has 0 radical (unpaired) electrons. The minimum absolute atomic E-state index is 0.0125. The topological polar surface area (TPSA) is 42.4 Å². The number of benzene rings is 2. The van der Waals surface area contributed by atoms with E-state index >= 15 is 0 Å². The normalized spacial score (nSPS) is 10.6. The second kappa shape index (κ2) is 9.02. The minimum atomic E-state index is 0.0125. The van der Waals surface area contributed by atoms with Gasteiger partial charge in [-0.1, -0.05) is 29.8 Å². The van der Waals surface area contributed by atoms with Crippen molar-refractivity contribution in [2.75, 3.05) is 13.7 Å². The molecule has 3 rings (SSSR count). The molecule has 0 aliphatic heterocycles. The third kappa shape index (κ3) is 5.08. The molecule has 4 nitrogen and oxygen atoms in total. The first-order valence-electron chi connectivity index (χ1n) is 8.72. The largest absolute Gasteiger partial charge is 0.494 e. The first-order valence-corrected chi connectivity index (χ1v) is 9.97. The molecule has 0 bridgehead atoms. The van der Waals surface area contributed by atoms with E-state index in [0.29, 0.717) is 18.2 Å². The lowest BCUT2D eigenvalue weighted by Gasteiger charge is -2.17. The number of nitrogens with zero attached hydrogens (tertiary/aromatic N) is 2. The van der Waals surface area contributed by atoms with Crippen LogP contribution in [-0.2, 0) is 17.8 Å². The summed E-state index contributed by atoms with van der Waals surface area (Å²) in [5.74, 6) is 0.855. The van der Waals surface area contributed by atoms with E-state index in [-0.39, 0.29) is 12.3 Å². The molecular weight excluding hydrogens is 380 g/mol. The first-order chi connectivity index (χ1) is 13.1. The summed E-state index contributed by atoms with van der Waals surface area (Å²) in [5, 5.41) is 3.51. The van der Waals surface area contributed by atoms with Crippen LogP contribution in [0.25, 0.3) is 10.6 Å². The fourth-order valence-electron chi connectivity index (χ4n) is 2.64. The van der Waals surface area contributed by atoms with Gasteiger partial charge in [0.15, 0.2) is 0 Å². The summed E-state index contributed by atoms with van der Waals surface area (Å²) in [6.45, 7) is 3.08. The number of hydrogen-bond acceptors (Lipinski definition) is 4. The fourth-order valence-corrected chi connectivity index (χ4v) is 3.66. The molecule has 0 saturated heterocycles. The summed E-state index contributed by atoms with van der Waals surface area (Å²) < 4.78 is 5.46. The molecule has 0 atom stereocenters. The van der Waals surface area contributed by atoms with Gasteiger partial charge >= 0.3 is 0 Å². The van der Waals surface area contributed by atoms with Crippen LogP contribution in [0.5, 0.6) is 5.75 Å². The number of aromatic nitrogens is 1. The zero-order valence-electron chi connectivity index (χ0n) is 15.3. The predicted octanol–water partition coefficient (Wildman–Crippen LogP) is 5.06. The molecule has 1 heterocycles. The van der Waals surface area contributed by atoms with Crippen molar-refractivity contribution in [1.29, 1.82) is 0 Å². The van der Waals surface area contributed by atoms with Gasteiger partial charge in [-0.15, -0.1) is 11.3 Å². The SMILES string of the molecule is CCOc1ccc(-c2nc(CC(=O)N(C)Cc3ccccc3Cl)cs2)cc1. The average molecular weight is 401 g/mol. The molecule has 0 aliphatic carbocycles. The van der Waals surface area contributed by atoms with Crippen LogP contribution in [0.1, 0.15) is 18.2 Å². The summed E-state index contributed by atoms with van der Waals surface area (Å²) in [4.78, 5) is 18.8. The molecule has 6 heteroatoms. The third-order valence-electron chi connectivity index (χ3n) is 4.09. The predicted molar refractivity (Wildman–Crippen MR) is 110 cm³/mol. The molecule has 1 aromatic heterocycles. The number of rotatable bonds is 7. The van der Waals surface area contributed by atoms with Crippen LogP contribution in [0.4, 0.5) is 0 Å². The molecule has 3 aromatic rings. The molecule has 0 unspecified atom stereocenters. The Bertz CT molecular complexity index is 909. The van der Waals surface area contributed by atoms with Crippen molar-refractivity contribution < 1.29 is 9.53 Å². The van der Waals surface area contributed by atoms with Crippen molar-refractivity contribution in [2.24, 2.45) is 0 Å². The molecule has 27 heavy (non-hydrogen) atoms. The van der Waals surface area contributed by atoms with Gasteiger partial charge in [0.2, 0.25) is 5.91 Å². The highest BCUT2D eigenvalue weighted by Crippen LogP contribution is 2.26. The lowest BCUT2D eigenvalue weighted by Crippen LogP contribution is -2.27. The van der Waals surface area contributed by atoms with Gasteiger partial charge in [-0.05, 0) is 42.8 Å². The van der Waals surface area contributed by atoms with Crippen molar-refractivity contribution in [3.63, 3.8) is 0 Å². The fraction of sp³-hybridized carbons (Fsp3) is 0.238. The number of ether oxygens (including phenoxy) is 1. The van der Waals surface area contributed by atoms with E-state index in [9.17, 15) is 4.79 Å². The zero-order chi connectivity index (χ0) is 19.2. The van der Waals surface area contributed by atoms with E-state index in [4.69, 9.17) is 16.3 Å². The molecule has 0 fully saturated rings. The lowest BCUT2D eigenvalue weighted by molar-refractivity contribution is -0.129. The van der Waals surface area contributed by atoms with Gasteiger partial charge < -0.3 is 9.64 Å². The highest BCUT2D eigenvalue weighted by atomic mass is 35.5. The molecule has 0 saturated carbocycles. The monoisotopic (exact) mass is 400 g/mol. The van der Waals surface area contributed by atoms with Crippen molar-refractivity contribution in [2.45, 2.75) is 19.9 Å². The van der Waals surface area contributed by atoms with Crippen molar-refractivity contribution in [3.05, 3.63) is 70.2 Å². The lowest BCUT2D eigenvalue weighted by atomic mass is 10.2. The van der Waals surface area contributed by atoms with Crippen LogP contribution in [0, 0.1) is 0 Å². The van der Waals surface area contributed by atoms with Crippen molar-refractivity contribution in [3.8, 4) is 16.3 Å². The number of thiazole rings is 1. The molecule has 140 valence electrons. The van der Waals surface area contributed by atoms with Gasteiger partial charge in [-0.25, -0.2) is 4.98 Å². The van der Waals surface area contributed by atoms with Crippen LogP contribution >= 0.6 is 22.9 Å². The number of amides is 1. The van der Waals surface area contributed by atoms with Gasteiger partial charge in [0.05, 0.1) is 18.7 Å². The summed E-state index contributed by atoms with van der Waals surface area (Å²) in [6, 6.07) is 15.4. The van der Waals surface area contributed by atoms with E-state index < -0.39 is 0 Å². The molecule has 0 N–H and O–H groups in total. The summed E-state index contributed by atoms with van der Waals surface area (Å²) >= 11 is 7.72. The van der Waals surface area contributed by atoms with Gasteiger partial charge in [0.25, 0.3) is 0 Å². The zero-order valence-corrected chi connectivity index (χ0v) is 16.9. The number of carbonyl (C=O) groups is 1. The van der Waals surface area contributed by atoms with Gasteiger partial charge in [-0.2, -0.15) is 0 Å². The maximum absolute atomic E-state index is 12.5. The van der Waals surface area contributed by atoms with Crippen LogP contribution in [0.3, 0.4) is 0 Å². The molecule has 1 amide bonds. The van der Waals surface area contributed by atoms with Crippen LogP contribution in [-0.4, -0.2) is 29.4 Å². The molecule has 2 aromatic carbocycles. The third-order valence-corrected chi connectivity index (χ3v) is 5.40. The van der Waals surface area contributed by atoms with Gasteiger partial charge in [0, 0.05) is 29.6 Å². The maximum atomic E-state index is 12.5. The smallest absolute Gasteiger partial charge is 0.228 e. The van der Waals surface area contributed by atoms with Crippen LogP contribution < -0.4 is 4.74 Å². The summed E-state index contributed by atoms with van der Waals surface area (Å²) in [5.41, 5.74) is 2.73. The van der Waals surface area contributed by atoms with E-state index in [0.717, 1.165) is 27.6 Å². The number of hydrogen-bond donors (Lipinski definition) is 0. The Labute approximate surface area is 168 Å². The molecule has 0 spiro atoms. The highest BCUT2D eigenvalue weighted by molar-refractivity contribution is 7.13. The number of carbonyl (C=O) groups excluding carboxylic acids is 1. The number of halogens is 1. The Kier molecular flexibility index (Phi) is 6.48. The Morgan fingerprint density at radius 2 is 1.93 bits per heavy atom. The summed E-state index contributed by atoms with van der Waals surface area (Å²) in [7, 11) is 1.78. The van der Waals surface area contributed by atoms with Gasteiger partial charge in [0.1, 0.15) is 10.8 Å². The highest BCUT2D eigenvalue weighted by Gasteiger charge is 2.14. The Hall–Kier alpha value is -2.37. The van der Waals surface area contributed by atoms with Crippen molar-refractivity contribution >= 4 is 28.8 Å². The average Bonchev–Trinajstić information content (AvgIpc) is 3.13. The summed E-state index contributed by atoms with van der Waals surface area (Å²) in [6.07, 6.45) is 0.272. The second-order valence-corrected chi connectivity index (χ2v) is 7.38. The van der Waals surface area contributed by atoms with E-state index in [2.05, 4.69) is 4.98 Å². The van der Waals surface area contributed by atoms with Crippen molar-refractivity contribution in [1.82, 2.24) is 9.88 Å². The second-order valence-electron chi connectivity index (χ2n) is 6.12. The van der Waals surface area contributed by atoms with E-state index in [1.165, 1.54) is 11.3 Å². The Morgan fingerprint density at radius 1 is 1.19 bits per heavy atom. The first kappa shape index (κ1) is 19.4. The minimum Gasteiger partial charge on any atom is -0.494 e.